The van der Waals surface area contributed by atoms with Crippen molar-refractivity contribution < 1.29 is 9.59 Å². The number of nitrogens with one attached hydrogen (secondary N) is 3. The molecule has 0 spiro atoms. The molecule has 0 fully saturated rings. The van der Waals surface area contributed by atoms with Crippen molar-refractivity contribution >= 4 is 34.5 Å². The molecule has 1 aromatic heterocycles. The number of benzene rings is 3. The van der Waals surface area contributed by atoms with E-state index in [1.807, 2.05) is 68.6 Å². The lowest BCUT2D eigenvalue weighted by Crippen LogP contribution is -2.30. The number of anilines is 1. The van der Waals surface area contributed by atoms with Gasteiger partial charge in [0.05, 0.1) is 0 Å². The summed E-state index contributed by atoms with van der Waals surface area (Å²) in [6.45, 7) is 3.94. The summed E-state index contributed by atoms with van der Waals surface area (Å²) in [4.78, 5) is 29.1. The number of hydrogen-bond donors (Lipinski definition) is 3. The Bertz CT molecular complexity index is 1290. The molecule has 0 aliphatic carbocycles. The molecule has 154 valence electrons. The lowest BCUT2D eigenvalue weighted by molar-refractivity contribution is -0.113. The first-order valence-corrected chi connectivity index (χ1v) is 10.0. The number of aryl methyl sites for hydroxylation is 2. The molecule has 5 nitrogen and oxygen atoms in total. The van der Waals surface area contributed by atoms with Gasteiger partial charge in [-0.15, -0.1) is 0 Å². The van der Waals surface area contributed by atoms with Gasteiger partial charge in [0.25, 0.3) is 11.8 Å². The van der Waals surface area contributed by atoms with Gasteiger partial charge in [-0.25, -0.2) is 0 Å². The molecule has 31 heavy (non-hydrogen) atoms. The van der Waals surface area contributed by atoms with Crippen molar-refractivity contribution in [2.24, 2.45) is 0 Å². The van der Waals surface area contributed by atoms with Gasteiger partial charge in [-0.1, -0.05) is 54.1 Å². The molecular formula is C26H23N3O2. The molecule has 0 saturated heterocycles. The molecule has 3 aromatic carbocycles. The Morgan fingerprint density at radius 2 is 1.65 bits per heavy atom. The van der Waals surface area contributed by atoms with E-state index in [1.54, 1.807) is 30.3 Å². The van der Waals surface area contributed by atoms with Gasteiger partial charge < -0.3 is 15.6 Å². The van der Waals surface area contributed by atoms with E-state index < -0.39 is 0 Å². The van der Waals surface area contributed by atoms with Crippen LogP contribution in [0.3, 0.4) is 0 Å². The second-order valence-electron chi connectivity index (χ2n) is 7.44. The van der Waals surface area contributed by atoms with Crippen molar-refractivity contribution in [3.05, 3.63) is 107 Å². The third kappa shape index (κ3) is 4.56. The standard InChI is InChI=1S/C26H23N3O2/c1-17-12-13-22(18(2)14-17)28-26(31)24(29-25(30)19-8-4-3-5-9-19)15-20-16-27-23-11-7-6-10-21(20)23/h3-16,27H,1-2H3,(H,28,31)(H,29,30)/b24-15+. The summed E-state index contributed by atoms with van der Waals surface area (Å²) in [5, 5.41) is 6.67. The zero-order chi connectivity index (χ0) is 21.8. The van der Waals surface area contributed by atoms with Crippen LogP contribution in [0.1, 0.15) is 27.0 Å². The molecule has 0 atom stereocenters. The van der Waals surface area contributed by atoms with Crippen molar-refractivity contribution in [3.63, 3.8) is 0 Å². The van der Waals surface area contributed by atoms with Crippen molar-refractivity contribution in [2.45, 2.75) is 13.8 Å². The molecule has 5 heteroatoms. The van der Waals surface area contributed by atoms with Crippen molar-refractivity contribution in [1.29, 1.82) is 0 Å². The van der Waals surface area contributed by atoms with E-state index >= 15 is 0 Å². The van der Waals surface area contributed by atoms with Crippen molar-refractivity contribution in [2.75, 3.05) is 5.32 Å². The summed E-state index contributed by atoms with van der Waals surface area (Å²) in [6, 6.07) is 22.4. The Morgan fingerprint density at radius 1 is 0.903 bits per heavy atom. The summed E-state index contributed by atoms with van der Waals surface area (Å²) in [6.07, 6.45) is 3.52. The largest absolute Gasteiger partial charge is 0.361 e. The van der Waals surface area contributed by atoms with Crippen molar-refractivity contribution in [3.8, 4) is 0 Å². The minimum atomic E-state index is -0.387. The topological polar surface area (TPSA) is 74.0 Å². The fraction of sp³-hybridized carbons (Fsp3) is 0.0769. The SMILES string of the molecule is Cc1ccc(NC(=O)/C(=C\c2c[nH]c3ccccc23)NC(=O)c2ccccc2)c(C)c1. The third-order valence-corrected chi connectivity index (χ3v) is 5.08. The van der Waals surface area contributed by atoms with Crippen LogP contribution in [0.25, 0.3) is 17.0 Å². The van der Waals surface area contributed by atoms with Crippen LogP contribution >= 0.6 is 0 Å². The fourth-order valence-electron chi connectivity index (χ4n) is 3.45. The molecule has 0 aliphatic heterocycles. The highest BCUT2D eigenvalue weighted by molar-refractivity contribution is 6.11. The minimum Gasteiger partial charge on any atom is -0.361 e. The maximum atomic E-state index is 13.2. The molecule has 1 heterocycles. The number of amides is 2. The third-order valence-electron chi connectivity index (χ3n) is 5.08. The fourth-order valence-corrected chi connectivity index (χ4v) is 3.45. The minimum absolute atomic E-state index is 0.165. The maximum Gasteiger partial charge on any atom is 0.272 e. The second-order valence-corrected chi connectivity index (χ2v) is 7.44. The summed E-state index contributed by atoms with van der Waals surface area (Å²) in [7, 11) is 0. The monoisotopic (exact) mass is 409 g/mol. The Balaban J connectivity index is 1.69. The lowest BCUT2D eigenvalue weighted by Gasteiger charge is -2.13. The number of H-pyrrole nitrogens is 1. The maximum absolute atomic E-state index is 13.2. The van der Waals surface area contributed by atoms with Crippen LogP contribution in [-0.2, 0) is 4.79 Å². The summed E-state index contributed by atoms with van der Waals surface area (Å²) < 4.78 is 0. The van der Waals surface area contributed by atoms with E-state index in [4.69, 9.17) is 0 Å². The number of hydrogen-bond acceptors (Lipinski definition) is 2. The molecule has 0 saturated carbocycles. The summed E-state index contributed by atoms with van der Waals surface area (Å²) in [5.41, 5.74) is 5.18. The highest BCUT2D eigenvalue weighted by atomic mass is 16.2. The number of fused-ring (bicyclic) bond motifs is 1. The molecule has 0 unspecified atom stereocenters. The number of para-hydroxylation sites is 1. The van der Waals surface area contributed by atoms with Crippen LogP contribution < -0.4 is 10.6 Å². The van der Waals surface area contributed by atoms with Crippen LogP contribution in [0.2, 0.25) is 0 Å². The lowest BCUT2D eigenvalue weighted by atomic mass is 10.1. The van der Waals surface area contributed by atoms with Gasteiger partial charge in [-0.2, -0.15) is 0 Å². The number of rotatable bonds is 5. The average molecular weight is 409 g/mol. The first-order chi connectivity index (χ1) is 15.0. The molecule has 3 N–H and O–H groups in total. The average Bonchev–Trinajstić information content (AvgIpc) is 3.18. The van der Waals surface area contributed by atoms with E-state index in [0.29, 0.717) is 11.3 Å². The molecule has 0 radical (unpaired) electrons. The Morgan fingerprint density at radius 3 is 2.42 bits per heavy atom. The van der Waals surface area contributed by atoms with E-state index in [2.05, 4.69) is 15.6 Å². The highest BCUT2D eigenvalue weighted by Gasteiger charge is 2.16. The number of aromatic nitrogens is 1. The van der Waals surface area contributed by atoms with Crippen LogP contribution in [-0.4, -0.2) is 16.8 Å². The van der Waals surface area contributed by atoms with Gasteiger partial charge >= 0.3 is 0 Å². The van der Waals surface area contributed by atoms with Crippen LogP contribution in [0.4, 0.5) is 5.69 Å². The molecule has 2 amide bonds. The molecule has 0 bridgehead atoms. The van der Waals surface area contributed by atoms with Crippen molar-refractivity contribution in [1.82, 2.24) is 10.3 Å². The second kappa shape index (κ2) is 8.71. The Hall–Kier alpha value is -4.12. The van der Waals surface area contributed by atoms with Gasteiger partial charge in [0.15, 0.2) is 0 Å². The Kier molecular flexibility index (Phi) is 5.67. The predicted molar refractivity (Wildman–Crippen MR) is 125 cm³/mol. The van der Waals surface area contributed by atoms with Crippen LogP contribution in [0, 0.1) is 13.8 Å². The molecular weight excluding hydrogens is 386 g/mol. The molecule has 4 aromatic rings. The Labute approximate surface area is 180 Å². The quantitative estimate of drug-likeness (QED) is 0.397. The predicted octanol–water partition coefficient (Wildman–Crippen LogP) is 5.19. The normalized spacial score (nSPS) is 11.4. The van der Waals surface area contributed by atoms with Gasteiger partial charge in [-0.05, 0) is 49.8 Å². The van der Waals surface area contributed by atoms with E-state index in [-0.39, 0.29) is 17.5 Å². The van der Waals surface area contributed by atoms with Gasteiger partial charge in [0.2, 0.25) is 0 Å². The number of aromatic amines is 1. The van der Waals surface area contributed by atoms with Gasteiger partial charge in [-0.3, -0.25) is 9.59 Å². The van der Waals surface area contributed by atoms with E-state index in [1.165, 1.54) is 0 Å². The van der Waals surface area contributed by atoms with Crippen LogP contribution in [0.5, 0.6) is 0 Å². The summed E-state index contributed by atoms with van der Waals surface area (Å²) >= 11 is 0. The first kappa shape index (κ1) is 20.2. The van der Waals surface area contributed by atoms with E-state index in [0.717, 1.165) is 27.6 Å². The zero-order valence-electron chi connectivity index (χ0n) is 17.4. The van der Waals surface area contributed by atoms with Crippen LogP contribution in [0.15, 0.2) is 84.7 Å². The highest BCUT2D eigenvalue weighted by Crippen LogP contribution is 2.21. The number of carbonyl (C=O) groups excluding carboxylic acids is 2. The summed E-state index contributed by atoms with van der Waals surface area (Å²) in [5.74, 6) is -0.732. The van der Waals surface area contributed by atoms with E-state index in [9.17, 15) is 9.59 Å². The molecule has 4 rings (SSSR count). The zero-order valence-corrected chi connectivity index (χ0v) is 17.4. The number of carbonyl (C=O) groups is 2. The smallest absolute Gasteiger partial charge is 0.272 e. The molecule has 0 aliphatic rings. The van der Waals surface area contributed by atoms with Gasteiger partial charge in [0, 0.05) is 33.9 Å². The first-order valence-electron chi connectivity index (χ1n) is 10.0. The van der Waals surface area contributed by atoms with Gasteiger partial charge in [0.1, 0.15) is 5.70 Å².